The number of para-hydroxylation sites is 1. The molecule has 1 fully saturated rings. The van der Waals surface area contributed by atoms with Gasteiger partial charge >= 0.3 is 0 Å². The molecule has 1 saturated heterocycles. The van der Waals surface area contributed by atoms with Crippen LogP contribution in [-0.2, 0) is 0 Å². The third kappa shape index (κ3) is 1.41. The maximum Gasteiger partial charge on any atom is 0.0785 e. The van der Waals surface area contributed by atoms with Crippen LogP contribution >= 0.6 is 0 Å². The predicted octanol–water partition coefficient (Wildman–Crippen LogP) is 1.45. The number of nitrogen functional groups attached to an aromatic ring is 2. The second-order valence-corrected chi connectivity index (χ2v) is 3.47. The summed E-state index contributed by atoms with van der Waals surface area (Å²) in [4.78, 5) is 2.30. The Bertz CT molecular complexity index is 303. The molecule has 0 aliphatic carbocycles. The number of hydrogen-bond acceptors (Lipinski definition) is 3. The highest BCUT2D eigenvalue weighted by Gasteiger charge is 2.14. The predicted molar refractivity (Wildman–Crippen MR) is 56.7 cm³/mol. The SMILES string of the molecule is Nc1cccc(N2CCCC2)c1N. The van der Waals surface area contributed by atoms with Gasteiger partial charge in [0.2, 0.25) is 0 Å². The summed E-state index contributed by atoms with van der Waals surface area (Å²) in [5.74, 6) is 0. The number of nitrogens with zero attached hydrogens (tertiary/aromatic N) is 1. The zero-order valence-electron chi connectivity index (χ0n) is 7.66. The Morgan fingerprint density at radius 2 is 1.77 bits per heavy atom. The van der Waals surface area contributed by atoms with E-state index in [0.717, 1.165) is 24.5 Å². The van der Waals surface area contributed by atoms with E-state index < -0.39 is 0 Å². The molecule has 4 N–H and O–H groups in total. The molecule has 0 unspecified atom stereocenters. The van der Waals surface area contributed by atoms with Gasteiger partial charge in [-0.15, -0.1) is 0 Å². The minimum absolute atomic E-state index is 0.685. The second kappa shape index (κ2) is 3.17. The average Bonchev–Trinajstić information content (AvgIpc) is 2.62. The van der Waals surface area contributed by atoms with Crippen LogP contribution in [0.2, 0.25) is 0 Å². The molecule has 70 valence electrons. The zero-order chi connectivity index (χ0) is 9.26. The summed E-state index contributed by atoms with van der Waals surface area (Å²) in [6.07, 6.45) is 2.52. The molecule has 1 heterocycles. The highest BCUT2D eigenvalue weighted by molar-refractivity contribution is 5.79. The van der Waals surface area contributed by atoms with E-state index in [9.17, 15) is 0 Å². The number of anilines is 3. The molecule has 0 spiro atoms. The lowest BCUT2D eigenvalue weighted by Gasteiger charge is -2.20. The number of benzene rings is 1. The van der Waals surface area contributed by atoms with Crippen LogP contribution in [0, 0.1) is 0 Å². The maximum absolute atomic E-state index is 5.90. The summed E-state index contributed by atoms with van der Waals surface area (Å²) < 4.78 is 0. The van der Waals surface area contributed by atoms with Gasteiger partial charge < -0.3 is 16.4 Å². The first-order chi connectivity index (χ1) is 6.29. The number of nitrogens with two attached hydrogens (primary N) is 2. The molecule has 1 aliphatic rings. The summed E-state index contributed by atoms with van der Waals surface area (Å²) in [5.41, 5.74) is 14.1. The number of rotatable bonds is 1. The molecular formula is C10H15N3. The molecule has 0 radical (unpaired) electrons. The van der Waals surface area contributed by atoms with Crippen LogP contribution < -0.4 is 16.4 Å². The Kier molecular flexibility index (Phi) is 2.00. The molecular weight excluding hydrogens is 162 g/mol. The van der Waals surface area contributed by atoms with Crippen molar-refractivity contribution in [2.24, 2.45) is 0 Å². The fourth-order valence-corrected chi connectivity index (χ4v) is 1.80. The molecule has 1 aliphatic heterocycles. The summed E-state index contributed by atoms with van der Waals surface area (Å²) in [6.45, 7) is 2.21. The van der Waals surface area contributed by atoms with Crippen molar-refractivity contribution in [3.8, 4) is 0 Å². The van der Waals surface area contributed by atoms with Crippen molar-refractivity contribution in [1.29, 1.82) is 0 Å². The lowest BCUT2D eigenvalue weighted by Crippen LogP contribution is -2.19. The molecule has 1 aromatic carbocycles. The lowest BCUT2D eigenvalue weighted by atomic mass is 10.2. The van der Waals surface area contributed by atoms with Crippen LogP contribution in [-0.4, -0.2) is 13.1 Å². The van der Waals surface area contributed by atoms with Gasteiger partial charge in [-0.3, -0.25) is 0 Å². The molecule has 2 rings (SSSR count). The Hall–Kier alpha value is -1.38. The smallest absolute Gasteiger partial charge is 0.0785 e. The van der Waals surface area contributed by atoms with Crippen LogP contribution in [0.3, 0.4) is 0 Å². The summed E-state index contributed by atoms with van der Waals surface area (Å²) >= 11 is 0. The number of hydrogen-bond donors (Lipinski definition) is 2. The normalized spacial score (nSPS) is 16.5. The minimum Gasteiger partial charge on any atom is -0.397 e. The topological polar surface area (TPSA) is 55.3 Å². The van der Waals surface area contributed by atoms with Gasteiger partial charge in [0.1, 0.15) is 0 Å². The fraction of sp³-hybridized carbons (Fsp3) is 0.400. The van der Waals surface area contributed by atoms with Crippen LogP contribution in [0.1, 0.15) is 12.8 Å². The van der Waals surface area contributed by atoms with Gasteiger partial charge in [0.15, 0.2) is 0 Å². The lowest BCUT2D eigenvalue weighted by molar-refractivity contribution is 0.949. The minimum atomic E-state index is 0.685. The van der Waals surface area contributed by atoms with Crippen LogP contribution in [0.4, 0.5) is 17.1 Å². The van der Waals surface area contributed by atoms with Gasteiger partial charge in [-0.25, -0.2) is 0 Å². The van der Waals surface area contributed by atoms with Crippen molar-refractivity contribution in [1.82, 2.24) is 0 Å². The van der Waals surface area contributed by atoms with Crippen molar-refractivity contribution < 1.29 is 0 Å². The van der Waals surface area contributed by atoms with E-state index in [1.807, 2.05) is 18.2 Å². The average molecular weight is 177 g/mol. The van der Waals surface area contributed by atoms with Crippen molar-refractivity contribution in [2.75, 3.05) is 29.5 Å². The molecule has 0 amide bonds. The first kappa shape index (κ1) is 8.23. The van der Waals surface area contributed by atoms with E-state index in [1.165, 1.54) is 12.8 Å². The molecule has 0 aromatic heterocycles. The van der Waals surface area contributed by atoms with Gasteiger partial charge in [-0.05, 0) is 25.0 Å². The molecule has 0 bridgehead atoms. The first-order valence-corrected chi connectivity index (χ1v) is 4.68. The van der Waals surface area contributed by atoms with E-state index in [2.05, 4.69) is 4.90 Å². The van der Waals surface area contributed by atoms with E-state index in [-0.39, 0.29) is 0 Å². The second-order valence-electron chi connectivity index (χ2n) is 3.47. The monoisotopic (exact) mass is 177 g/mol. The van der Waals surface area contributed by atoms with Gasteiger partial charge in [0.05, 0.1) is 17.1 Å². The Labute approximate surface area is 78.3 Å². The van der Waals surface area contributed by atoms with Gasteiger partial charge in [-0.2, -0.15) is 0 Å². The Balaban J connectivity index is 2.33. The molecule has 1 aromatic rings. The summed E-state index contributed by atoms with van der Waals surface area (Å²) in [6, 6.07) is 5.84. The third-order valence-electron chi connectivity index (χ3n) is 2.56. The summed E-state index contributed by atoms with van der Waals surface area (Å²) in [7, 11) is 0. The van der Waals surface area contributed by atoms with Crippen molar-refractivity contribution in [3.05, 3.63) is 18.2 Å². The van der Waals surface area contributed by atoms with Gasteiger partial charge in [0, 0.05) is 13.1 Å². The van der Waals surface area contributed by atoms with Crippen LogP contribution in [0.15, 0.2) is 18.2 Å². The quantitative estimate of drug-likeness (QED) is 0.638. The molecule has 3 heteroatoms. The van der Waals surface area contributed by atoms with Crippen LogP contribution in [0.5, 0.6) is 0 Å². The first-order valence-electron chi connectivity index (χ1n) is 4.68. The van der Waals surface area contributed by atoms with Gasteiger partial charge in [0.25, 0.3) is 0 Å². The fourth-order valence-electron chi connectivity index (χ4n) is 1.80. The van der Waals surface area contributed by atoms with Crippen LogP contribution in [0.25, 0.3) is 0 Å². The van der Waals surface area contributed by atoms with E-state index in [0.29, 0.717) is 5.69 Å². The van der Waals surface area contributed by atoms with Crippen molar-refractivity contribution in [2.45, 2.75) is 12.8 Å². The third-order valence-corrected chi connectivity index (χ3v) is 2.56. The van der Waals surface area contributed by atoms with E-state index in [1.54, 1.807) is 0 Å². The maximum atomic E-state index is 5.90. The van der Waals surface area contributed by atoms with E-state index in [4.69, 9.17) is 11.5 Å². The van der Waals surface area contributed by atoms with Crippen molar-refractivity contribution in [3.63, 3.8) is 0 Å². The molecule has 13 heavy (non-hydrogen) atoms. The Morgan fingerprint density at radius 1 is 1.08 bits per heavy atom. The van der Waals surface area contributed by atoms with E-state index >= 15 is 0 Å². The highest BCUT2D eigenvalue weighted by atomic mass is 15.2. The molecule has 3 nitrogen and oxygen atoms in total. The Morgan fingerprint density at radius 3 is 2.46 bits per heavy atom. The zero-order valence-corrected chi connectivity index (χ0v) is 7.66. The summed E-state index contributed by atoms with van der Waals surface area (Å²) in [5, 5.41) is 0. The molecule has 0 saturated carbocycles. The van der Waals surface area contributed by atoms with Crippen molar-refractivity contribution >= 4 is 17.1 Å². The largest absolute Gasteiger partial charge is 0.397 e. The molecule has 0 atom stereocenters. The standard InChI is InChI=1S/C10H15N3/c11-8-4-3-5-9(10(8)12)13-6-1-2-7-13/h3-5H,1-2,6-7,11-12H2. The highest BCUT2D eigenvalue weighted by Crippen LogP contribution is 2.30. The van der Waals surface area contributed by atoms with Gasteiger partial charge in [-0.1, -0.05) is 6.07 Å².